The van der Waals surface area contributed by atoms with Crippen LogP contribution in [-0.2, 0) is 11.3 Å². The molecule has 0 saturated heterocycles. The molecule has 0 aliphatic heterocycles. The highest BCUT2D eigenvalue weighted by Gasteiger charge is 2.29. The van der Waals surface area contributed by atoms with Crippen molar-refractivity contribution in [3.05, 3.63) is 38.2 Å². The van der Waals surface area contributed by atoms with Gasteiger partial charge in [0.25, 0.3) is 11.5 Å². The minimum atomic E-state index is -0.621. The molecule has 0 bridgehead atoms. The van der Waals surface area contributed by atoms with Crippen molar-refractivity contribution in [2.75, 3.05) is 6.54 Å². The van der Waals surface area contributed by atoms with Crippen molar-refractivity contribution in [3.8, 4) is 0 Å². The molecule has 2 saturated carbocycles. The number of carbonyl (C=O) groups excluding carboxylic acids is 2. The van der Waals surface area contributed by atoms with Crippen LogP contribution >= 0.6 is 0 Å². The van der Waals surface area contributed by atoms with Crippen molar-refractivity contribution < 1.29 is 9.59 Å². The topological polar surface area (TPSA) is 126 Å². The van der Waals surface area contributed by atoms with Gasteiger partial charge in [-0.15, -0.1) is 0 Å². The molecule has 3 N–H and O–H groups in total. The molecule has 2 aromatic heterocycles. The highest BCUT2D eigenvalue weighted by molar-refractivity contribution is 6.05. The van der Waals surface area contributed by atoms with E-state index in [0.29, 0.717) is 6.54 Å². The van der Waals surface area contributed by atoms with Crippen LogP contribution in [0.4, 0.5) is 0 Å². The summed E-state index contributed by atoms with van der Waals surface area (Å²) in [5, 5.41) is 5.88. The maximum absolute atomic E-state index is 13.0. The number of fused-ring (bicyclic) bond motifs is 1. The maximum atomic E-state index is 13.0. The molecule has 2 aromatic rings. The van der Waals surface area contributed by atoms with Crippen molar-refractivity contribution in [2.24, 2.45) is 5.92 Å². The van der Waals surface area contributed by atoms with Crippen molar-refractivity contribution in [1.82, 2.24) is 25.2 Å². The van der Waals surface area contributed by atoms with Gasteiger partial charge in [-0.1, -0.05) is 26.7 Å². The fourth-order valence-electron chi connectivity index (χ4n) is 4.35. The standard InChI is InChI=1S/C23H31N5O4/c1-13(2)12-28-20-19(22(31)27-23(28)32)16(11-17(26-20)14-7-8-14)21(30)24-10-9-18(29)25-15-5-3-4-6-15/h11,13-15H,3-10,12H2,1-2H3,(H,24,30)(H,25,29)(H,27,31,32). The first-order valence-corrected chi connectivity index (χ1v) is 11.6. The summed E-state index contributed by atoms with van der Waals surface area (Å²) in [4.78, 5) is 57.3. The van der Waals surface area contributed by atoms with Crippen LogP contribution in [-0.4, -0.2) is 38.9 Å². The summed E-state index contributed by atoms with van der Waals surface area (Å²) in [7, 11) is 0. The van der Waals surface area contributed by atoms with Crippen LogP contribution in [0.3, 0.4) is 0 Å². The van der Waals surface area contributed by atoms with Crippen LogP contribution in [0.2, 0.25) is 0 Å². The van der Waals surface area contributed by atoms with Gasteiger partial charge in [0, 0.05) is 37.2 Å². The van der Waals surface area contributed by atoms with Crippen molar-refractivity contribution in [2.45, 2.75) is 77.3 Å². The number of hydrogen-bond acceptors (Lipinski definition) is 5. The normalized spacial score (nSPS) is 16.6. The summed E-state index contributed by atoms with van der Waals surface area (Å²) in [6, 6.07) is 1.90. The molecule has 2 heterocycles. The summed E-state index contributed by atoms with van der Waals surface area (Å²) in [5.74, 6) is -0.124. The fraction of sp³-hybridized carbons (Fsp3) is 0.609. The van der Waals surface area contributed by atoms with Crippen molar-refractivity contribution in [3.63, 3.8) is 0 Å². The van der Waals surface area contributed by atoms with Gasteiger partial charge < -0.3 is 10.6 Å². The minimum absolute atomic E-state index is 0.0842. The zero-order valence-corrected chi connectivity index (χ0v) is 18.7. The first-order valence-electron chi connectivity index (χ1n) is 11.6. The molecular formula is C23H31N5O4. The predicted octanol–water partition coefficient (Wildman–Crippen LogP) is 1.80. The third kappa shape index (κ3) is 4.92. The van der Waals surface area contributed by atoms with E-state index in [4.69, 9.17) is 0 Å². The van der Waals surface area contributed by atoms with E-state index in [0.717, 1.165) is 44.2 Å². The summed E-state index contributed by atoms with van der Waals surface area (Å²) >= 11 is 0. The van der Waals surface area contributed by atoms with E-state index in [1.807, 2.05) is 13.8 Å². The molecule has 32 heavy (non-hydrogen) atoms. The molecule has 4 rings (SSSR count). The van der Waals surface area contributed by atoms with Crippen LogP contribution in [0.25, 0.3) is 11.0 Å². The first-order chi connectivity index (χ1) is 15.3. The maximum Gasteiger partial charge on any atom is 0.330 e. The predicted molar refractivity (Wildman–Crippen MR) is 121 cm³/mol. The van der Waals surface area contributed by atoms with E-state index in [-0.39, 0.29) is 53.3 Å². The van der Waals surface area contributed by atoms with Crippen LogP contribution < -0.4 is 21.9 Å². The Morgan fingerprint density at radius 2 is 1.91 bits per heavy atom. The third-order valence-electron chi connectivity index (χ3n) is 6.11. The molecule has 0 aromatic carbocycles. The summed E-state index contributed by atoms with van der Waals surface area (Å²) in [5.41, 5.74) is 0.0348. The van der Waals surface area contributed by atoms with E-state index in [9.17, 15) is 19.2 Å². The monoisotopic (exact) mass is 441 g/mol. The van der Waals surface area contributed by atoms with Crippen molar-refractivity contribution >= 4 is 22.8 Å². The lowest BCUT2D eigenvalue weighted by atomic mass is 10.1. The van der Waals surface area contributed by atoms with Gasteiger partial charge in [0.2, 0.25) is 5.91 Å². The minimum Gasteiger partial charge on any atom is -0.353 e. The zero-order chi connectivity index (χ0) is 22.8. The van der Waals surface area contributed by atoms with E-state index >= 15 is 0 Å². The molecular weight excluding hydrogens is 410 g/mol. The molecule has 2 aliphatic rings. The highest BCUT2D eigenvalue weighted by atomic mass is 16.2. The number of pyridine rings is 1. The first kappa shape index (κ1) is 22.2. The summed E-state index contributed by atoms with van der Waals surface area (Å²) < 4.78 is 1.44. The summed E-state index contributed by atoms with van der Waals surface area (Å²) in [6.45, 7) is 4.50. The molecule has 2 fully saturated rings. The van der Waals surface area contributed by atoms with Gasteiger partial charge in [-0.05, 0) is 37.7 Å². The van der Waals surface area contributed by atoms with Crippen LogP contribution in [0.1, 0.15) is 80.8 Å². The lowest BCUT2D eigenvalue weighted by Crippen LogP contribution is -2.36. The smallest absolute Gasteiger partial charge is 0.330 e. The number of aromatic amines is 1. The molecule has 9 heteroatoms. The second-order valence-corrected chi connectivity index (χ2v) is 9.39. The number of aromatic nitrogens is 3. The molecule has 0 radical (unpaired) electrons. The van der Waals surface area contributed by atoms with Gasteiger partial charge in [-0.3, -0.25) is 23.9 Å². The molecule has 0 unspecified atom stereocenters. The average Bonchev–Trinajstić information content (AvgIpc) is 3.47. The fourth-order valence-corrected chi connectivity index (χ4v) is 4.35. The Bertz CT molecular complexity index is 1140. The molecule has 2 amide bonds. The number of carbonyl (C=O) groups is 2. The molecule has 172 valence electrons. The van der Waals surface area contributed by atoms with Crippen molar-refractivity contribution in [1.29, 1.82) is 0 Å². The van der Waals surface area contributed by atoms with E-state index < -0.39 is 17.2 Å². The molecule has 2 aliphatic carbocycles. The van der Waals surface area contributed by atoms with Gasteiger partial charge in [-0.2, -0.15) is 0 Å². The Morgan fingerprint density at radius 3 is 2.56 bits per heavy atom. The molecule has 0 spiro atoms. The Balaban J connectivity index is 1.59. The largest absolute Gasteiger partial charge is 0.353 e. The van der Waals surface area contributed by atoms with E-state index in [2.05, 4.69) is 20.6 Å². The Kier molecular flexibility index (Phi) is 6.43. The Hall–Kier alpha value is -2.97. The third-order valence-corrected chi connectivity index (χ3v) is 6.11. The SMILES string of the molecule is CC(C)Cn1c(=O)[nH]c(=O)c2c(C(=O)NCCC(=O)NC3CCCC3)cc(C3CC3)nc21. The van der Waals surface area contributed by atoms with Crippen LogP contribution in [0.15, 0.2) is 15.7 Å². The number of amides is 2. The Labute approximate surface area is 186 Å². The highest BCUT2D eigenvalue weighted by Crippen LogP contribution is 2.39. The zero-order valence-electron chi connectivity index (χ0n) is 18.7. The van der Waals surface area contributed by atoms with Gasteiger partial charge in [-0.25, -0.2) is 9.78 Å². The van der Waals surface area contributed by atoms with Gasteiger partial charge in [0.05, 0.1) is 10.9 Å². The lowest BCUT2D eigenvalue weighted by Gasteiger charge is -2.15. The Morgan fingerprint density at radius 1 is 1.19 bits per heavy atom. The van der Waals surface area contributed by atoms with Crippen LogP contribution in [0, 0.1) is 5.92 Å². The van der Waals surface area contributed by atoms with Gasteiger partial charge in [0.15, 0.2) is 5.65 Å². The lowest BCUT2D eigenvalue weighted by molar-refractivity contribution is -0.121. The number of hydrogen-bond donors (Lipinski definition) is 3. The van der Waals surface area contributed by atoms with Gasteiger partial charge in [0.1, 0.15) is 0 Å². The second kappa shape index (κ2) is 9.26. The number of nitrogens with zero attached hydrogens (tertiary/aromatic N) is 2. The molecule has 9 nitrogen and oxygen atoms in total. The summed E-state index contributed by atoms with van der Waals surface area (Å²) in [6.07, 6.45) is 6.40. The van der Waals surface area contributed by atoms with Gasteiger partial charge >= 0.3 is 5.69 Å². The van der Waals surface area contributed by atoms with E-state index in [1.165, 1.54) is 4.57 Å². The number of nitrogens with one attached hydrogen (secondary N) is 3. The molecule has 0 atom stereocenters. The second-order valence-electron chi connectivity index (χ2n) is 9.39. The number of H-pyrrole nitrogens is 1. The quantitative estimate of drug-likeness (QED) is 0.576. The van der Waals surface area contributed by atoms with E-state index in [1.54, 1.807) is 6.07 Å². The van der Waals surface area contributed by atoms with Crippen LogP contribution in [0.5, 0.6) is 0 Å². The number of rotatable bonds is 8. The average molecular weight is 442 g/mol.